The fraction of sp³-hybridized carbons (Fsp3) is 0. The van der Waals surface area contributed by atoms with Crippen LogP contribution in [0.3, 0.4) is 0 Å². The number of fused-ring (bicyclic) bond motifs is 1. The number of hydrogen-bond acceptors (Lipinski definition) is 5. The SMILES string of the molecule is O=[N+]([O-])c1cc(-c2nc3ncccc3o2)ccc1Cl. The highest BCUT2D eigenvalue weighted by Crippen LogP contribution is 2.30. The molecule has 1 aromatic carbocycles. The molecule has 0 atom stereocenters. The number of benzene rings is 1. The lowest BCUT2D eigenvalue weighted by atomic mass is 10.2. The maximum absolute atomic E-state index is 10.8. The van der Waals surface area contributed by atoms with Crippen LogP contribution in [-0.4, -0.2) is 14.9 Å². The van der Waals surface area contributed by atoms with Crippen molar-refractivity contribution < 1.29 is 9.34 Å². The Bertz CT molecular complexity index is 752. The van der Waals surface area contributed by atoms with E-state index in [1.807, 2.05) is 0 Å². The van der Waals surface area contributed by atoms with Crippen LogP contribution in [-0.2, 0) is 0 Å². The number of hydrogen-bond donors (Lipinski definition) is 0. The van der Waals surface area contributed by atoms with Crippen molar-refractivity contribution in [1.29, 1.82) is 0 Å². The van der Waals surface area contributed by atoms with Crippen molar-refractivity contribution in [2.24, 2.45) is 0 Å². The van der Waals surface area contributed by atoms with Crippen molar-refractivity contribution in [3.8, 4) is 11.5 Å². The van der Waals surface area contributed by atoms with Gasteiger partial charge in [0.25, 0.3) is 5.69 Å². The first-order chi connectivity index (χ1) is 9.15. The third-order valence-electron chi connectivity index (χ3n) is 2.55. The zero-order valence-electron chi connectivity index (χ0n) is 9.41. The van der Waals surface area contributed by atoms with Crippen LogP contribution >= 0.6 is 11.6 Å². The predicted molar refractivity (Wildman–Crippen MR) is 68.9 cm³/mol. The standard InChI is InChI=1S/C12H6ClN3O3/c13-8-4-3-7(6-9(8)16(17)18)12-15-11-10(19-12)2-1-5-14-11/h1-6H. The van der Waals surface area contributed by atoms with Gasteiger partial charge in [0.2, 0.25) is 5.89 Å². The van der Waals surface area contributed by atoms with Crippen LogP contribution < -0.4 is 0 Å². The van der Waals surface area contributed by atoms with E-state index in [9.17, 15) is 10.1 Å². The third-order valence-corrected chi connectivity index (χ3v) is 2.87. The van der Waals surface area contributed by atoms with Gasteiger partial charge in [-0.2, -0.15) is 4.98 Å². The van der Waals surface area contributed by atoms with Gasteiger partial charge >= 0.3 is 0 Å². The Morgan fingerprint density at radius 2 is 2.16 bits per heavy atom. The first-order valence-corrected chi connectivity index (χ1v) is 5.69. The quantitative estimate of drug-likeness (QED) is 0.528. The summed E-state index contributed by atoms with van der Waals surface area (Å²) in [4.78, 5) is 18.5. The van der Waals surface area contributed by atoms with E-state index in [0.29, 0.717) is 16.8 Å². The summed E-state index contributed by atoms with van der Waals surface area (Å²) < 4.78 is 5.49. The molecule has 3 aromatic rings. The van der Waals surface area contributed by atoms with Gasteiger partial charge in [0.15, 0.2) is 11.2 Å². The van der Waals surface area contributed by atoms with E-state index in [1.165, 1.54) is 12.1 Å². The van der Waals surface area contributed by atoms with E-state index in [-0.39, 0.29) is 16.6 Å². The van der Waals surface area contributed by atoms with Crippen molar-refractivity contribution in [2.45, 2.75) is 0 Å². The Balaban J connectivity index is 2.16. The van der Waals surface area contributed by atoms with Gasteiger partial charge in [-0.15, -0.1) is 0 Å². The molecule has 0 fully saturated rings. The van der Waals surface area contributed by atoms with E-state index >= 15 is 0 Å². The molecule has 3 rings (SSSR count). The van der Waals surface area contributed by atoms with Crippen LogP contribution in [0.15, 0.2) is 40.9 Å². The van der Waals surface area contributed by atoms with E-state index in [4.69, 9.17) is 16.0 Å². The predicted octanol–water partition coefficient (Wildman–Crippen LogP) is 3.45. The molecule has 19 heavy (non-hydrogen) atoms. The van der Waals surface area contributed by atoms with Crippen molar-refractivity contribution in [1.82, 2.24) is 9.97 Å². The Morgan fingerprint density at radius 1 is 1.32 bits per heavy atom. The number of halogens is 1. The first kappa shape index (κ1) is 11.6. The Labute approximate surface area is 111 Å². The van der Waals surface area contributed by atoms with Crippen LogP contribution in [0.2, 0.25) is 5.02 Å². The lowest BCUT2D eigenvalue weighted by molar-refractivity contribution is -0.384. The molecule has 94 valence electrons. The summed E-state index contributed by atoms with van der Waals surface area (Å²) in [5, 5.41) is 10.9. The van der Waals surface area contributed by atoms with Crippen LogP contribution in [0, 0.1) is 10.1 Å². The van der Waals surface area contributed by atoms with E-state index in [1.54, 1.807) is 24.4 Å². The number of pyridine rings is 1. The number of aromatic nitrogens is 2. The second-order valence-corrected chi connectivity index (χ2v) is 4.17. The maximum Gasteiger partial charge on any atom is 0.288 e. The molecular formula is C12H6ClN3O3. The topological polar surface area (TPSA) is 82.1 Å². The fourth-order valence-electron chi connectivity index (χ4n) is 1.68. The lowest BCUT2D eigenvalue weighted by Crippen LogP contribution is -1.90. The van der Waals surface area contributed by atoms with Crippen molar-refractivity contribution in [3.05, 3.63) is 51.7 Å². The van der Waals surface area contributed by atoms with Gasteiger partial charge in [-0.05, 0) is 24.3 Å². The molecule has 0 radical (unpaired) electrons. The molecule has 2 heterocycles. The highest BCUT2D eigenvalue weighted by molar-refractivity contribution is 6.32. The minimum atomic E-state index is -0.549. The van der Waals surface area contributed by atoms with Crippen molar-refractivity contribution in [3.63, 3.8) is 0 Å². The van der Waals surface area contributed by atoms with E-state index in [2.05, 4.69) is 9.97 Å². The fourth-order valence-corrected chi connectivity index (χ4v) is 1.86. The number of nitrogens with zero attached hydrogens (tertiary/aromatic N) is 3. The smallest absolute Gasteiger partial charge is 0.288 e. The average Bonchev–Trinajstić information content (AvgIpc) is 2.82. The summed E-state index contributed by atoms with van der Waals surface area (Å²) in [6, 6.07) is 7.83. The molecule has 0 aliphatic rings. The number of rotatable bonds is 2. The molecule has 0 aliphatic carbocycles. The molecule has 6 nitrogen and oxygen atoms in total. The van der Waals surface area contributed by atoms with E-state index in [0.717, 1.165) is 0 Å². The van der Waals surface area contributed by atoms with Gasteiger partial charge in [0, 0.05) is 17.8 Å². The lowest BCUT2D eigenvalue weighted by Gasteiger charge is -1.97. The Kier molecular flexibility index (Phi) is 2.64. The molecule has 0 unspecified atom stereocenters. The second kappa shape index (κ2) is 4.33. The van der Waals surface area contributed by atoms with Crippen LogP contribution in [0.1, 0.15) is 0 Å². The zero-order valence-corrected chi connectivity index (χ0v) is 10.2. The Hall–Kier alpha value is -2.47. The zero-order chi connectivity index (χ0) is 13.4. The minimum absolute atomic E-state index is 0.0722. The largest absolute Gasteiger partial charge is 0.434 e. The number of nitro groups is 1. The van der Waals surface area contributed by atoms with Crippen molar-refractivity contribution in [2.75, 3.05) is 0 Å². The third kappa shape index (κ3) is 2.02. The Morgan fingerprint density at radius 3 is 2.89 bits per heavy atom. The highest BCUT2D eigenvalue weighted by Gasteiger charge is 2.16. The average molecular weight is 276 g/mol. The summed E-state index contributed by atoms with van der Waals surface area (Å²) in [6.07, 6.45) is 1.60. The summed E-state index contributed by atoms with van der Waals surface area (Å²) in [6.45, 7) is 0. The second-order valence-electron chi connectivity index (χ2n) is 3.77. The molecule has 0 saturated heterocycles. The summed E-state index contributed by atoms with van der Waals surface area (Å²) in [7, 11) is 0. The first-order valence-electron chi connectivity index (χ1n) is 5.31. The van der Waals surface area contributed by atoms with Gasteiger partial charge in [-0.1, -0.05) is 11.6 Å². The summed E-state index contributed by atoms with van der Waals surface area (Å²) in [5.41, 5.74) is 1.27. The molecule has 7 heteroatoms. The summed E-state index contributed by atoms with van der Waals surface area (Å²) >= 11 is 5.75. The van der Waals surface area contributed by atoms with E-state index < -0.39 is 4.92 Å². The molecule has 0 spiro atoms. The molecule has 0 N–H and O–H groups in total. The molecule has 0 saturated carbocycles. The van der Waals surface area contributed by atoms with Gasteiger partial charge < -0.3 is 4.42 Å². The number of nitro benzene ring substituents is 1. The van der Waals surface area contributed by atoms with Crippen LogP contribution in [0.4, 0.5) is 5.69 Å². The van der Waals surface area contributed by atoms with Gasteiger partial charge in [0.1, 0.15) is 5.02 Å². The van der Waals surface area contributed by atoms with Crippen molar-refractivity contribution >= 4 is 28.5 Å². The van der Waals surface area contributed by atoms with Crippen LogP contribution in [0.5, 0.6) is 0 Å². The molecule has 0 bridgehead atoms. The van der Waals surface area contributed by atoms with Gasteiger partial charge in [0.05, 0.1) is 4.92 Å². The molecule has 2 aromatic heterocycles. The highest BCUT2D eigenvalue weighted by atomic mass is 35.5. The monoisotopic (exact) mass is 275 g/mol. The minimum Gasteiger partial charge on any atom is -0.434 e. The summed E-state index contributed by atoms with van der Waals surface area (Å²) in [5.74, 6) is 0.272. The van der Waals surface area contributed by atoms with Crippen LogP contribution in [0.25, 0.3) is 22.7 Å². The van der Waals surface area contributed by atoms with Gasteiger partial charge in [-0.3, -0.25) is 10.1 Å². The molecular weight excluding hydrogens is 270 g/mol. The number of oxazole rings is 1. The maximum atomic E-state index is 10.8. The van der Waals surface area contributed by atoms with Gasteiger partial charge in [-0.25, -0.2) is 4.98 Å². The molecule has 0 amide bonds. The normalized spacial score (nSPS) is 10.8. The molecule has 0 aliphatic heterocycles.